The summed E-state index contributed by atoms with van der Waals surface area (Å²) in [7, 11) is 1.57. The summed E-state index contributed by atoms with van der Waals surface area (Å²) in [6, 6.07) is 7.29. The van der Waals surface area contributed by atoms with Gasteiger partial charge in [0.15, 0.2) is 5.82 Å². The first-order valence-corrected chi connectivity index (χ1v) is 8.29. The van der Waals surface area contributed by atoms with Gasteiger partial charge in [0.2, 0.25) is 11.1 Å². The summed E-state index contributed by atoms with van der Waals surface area (Å²) >= 11 is 1.29. The minimum absolute atomic E-state index is 0.143. The van der Waals surface area contributed by atoms with E-state index in [1.165, 1.54) is 16.4 Å². The van der Waals surface area contributed by atoms with Gasteiger partial charge in [-0.25, -0.2) is 4.68 Å². The third kappa shape index (κ3) is 3.42. The number of amides is 1. The molecule has 7 nitrogen and oxygen atoms in total. The highest BCUT2D eigenvalue weighted by atomic mass is 32.2. The number of nitrogens with two attached hydrogens (primary N) is 1. The molecule has 0 aliphatic heterocycles. The predicted octanol–water partition coefficient (Wildman–Crippen LogP) is 2.00. The third-order valence-corrected chi connectivity index (χ3v) is 4.71. The van der Waals surface area contributed by atoms with Crippen LogP contribution in [0.4, 0.5) is 5.69 Å². The van der Waals surface area contributed by atoms with Gasteiger partial charge in [-0.2, -0.15) is 0 Å². The van der Waals surface area contributed by atoms with Gasteiger partial charge in [-0.15, -0.1) is 10.2 Å². The number of para-hydroxylation sites is 2. The van der Waals surface area contributed by atoms with Gasteiger partial charge < -0.3 is 15.9 Å². The summed E-state index contributed by atoms with van der Waals surface area (Å²) in [5, 5.41) is 11.3. The van der Waals surface area contributed by atoms with Crippen LogP contribution < -0.4 is 15.9 Å². The molecule has 0 unspecified atom stereocenters. The second-order valence-corrected chi connectivity index (χ2v) is 6.74. The smallest absolute Gasteiger partial charge is 0.237 e. The average molecular weight is 333 g/mol. The van der Waals surface area contributed by atoms with Gasteiger partial charge in [0.05, 0.1) is 18.0 Å². The van der Waals surface area contributed by atoms with Gasteiger partial charge >= 0.3 is 0 Å². The third-order valence-electron chi connectivity index (χ3n) is 3.65. The number of rotatable bonds is 6. The Bertz CT molecular complexity index is 714. The first kappa shape index (κ1) is 15.7. The molecule has 1 aromatic heterocycles. The van der Waals surface area contributed by atoms with E-state index in [-0.39, 0.29) is 11.2 Å². The molecule has 3 N–H and O–H groups in total. The van der Waals surface area contributed by atoms with Crippen LogP contribution in [0.15, 0.2) is 29.4 Å². The predicted molar refractivity (Wildman–Crippen MR) is 89.1 cm³/mol. The highest BCUT2D eigenvalue weighted by molar-refractivity contribution is 8.00. The Morgan fingerprint density at radius 3 is 2.87 bits per heavy atom. The van der Waals surface area contributed by atoms with E-state index in [4.69, 9.17) is 10.6 Å². The van der Waals surface area contributed by atoms with Crippen LogP contribution in [0.25, 0.3) is 0 Å². The van der Waals surface area contributed by atoms with Crippen molar-refractivity contribution in [2.75, 3.05) is 18.3 Å². The van der Waals surface area contributed by atoms with Crippen LogP contribution in [-0.4, -0.2) is 33.1 Å². The maximum atomic E-state index is 12.4. The number of benzene rings is 1. The SMILES string of the molecule is COc1ccccc1NC(=O)[C@H](C)Sc1nnc(C2CC2)n1N. The molecule has 0 bridgehead atoms. The quantitative estimate of drug-likeness (QED) is 0.620. The van der Waals surface area contributed by atoms with Gasteiger partial charge in [-0.1, -0.05) is 23.9 Å². The topological polar surface area (TPSA) is 95.1 Å². The molecule has 3 rings (SSSR count). The number of hydrogen-bond acceptors (Lipinski definition) is 6. The summed E-state index contributed by atoms with van der Waals surface area (Å²) in [5.41, 5.74) is 0.639. The Hall–Kier alpha value is -2.22. The molecule has 2 aromatic rings. The number of aromatic nitrogens is 3. The molecule has 23 heavy (non-hydrogen) atoms. The molecular weight excluding hydrogens is 314 g/mol. The van der Waals surface area contributed by atoms with Crippen molar-refractivity contribution in [2.24, 2.45) is 0 Å². The van der Waals surface area contributed by atoms with E-state index in [1.807, 2.05) is 12.1 Å². The largest absolute Gasteiger partial charge is 0.495 e. The Morgan fingerprint density at radius 1 is 1.43 bits per heavy atom. The summed E-state index contributed by atoms with van der Waals surface area (Å²) < 4.78 is 6.73. The monoisotopic (exact) mass is 333 g/mol. The van der Waals surface area contributed by atoms with E-state index in [2.05, 4.69) is 15.5 Å². The lowest BCUT2D eigenvalue weighted by Crippen LogP contribution is -2.24. The molecule has 1 heterocycles. The lowest BCUT2D eigenvalue weighted by Gasteiger charge is -2.13. The zero-order chi connectivity index (χ0) is 16.4. The molecule has 1 aromatic carbocycles. The maximum absolute atomic E-state index is 12.4. The molecule has 1 atom stereocenters. The van der Waals surface area contributed by atoms with Crippen LogP contribution in [-0.2, 0) is 4.79 Å². The lowest BCUT2D eigenvalue weighted by atomic mass is 10.3. The Morgan fingerprint density at radius 2 is 2.17 bits per heavy atom. The van der Waals surface area contributed by atoms with Gasteiger partial charge in [0.1, 0.15) is 5.75 Å². The van der Waals surface area contributed by atoms with E-state index in [0.29, 0.717) is 22.5 Å². The lowest BCUT2D eigenvalue weighted by molar-refractivity contribution is -0.115. The number of anilines is 1. The van der Waals surface area contributed by atoms with Crippen LogP contribution in [0.2, 0.25) is 0 Å². The number of nitrogens with zero attached hydrogens (tertiary/aromatic N) is 3. The van der Waals surface area contributed by atoms with Gasteiger partial charge in [-0.05, 0) is 31.9 Å². The number of nitrogen functional groups attached to an aromatic ring is 1. The number of hydrogen-bond donors (Lipinski definition) is 2. The first-order valence-electron chi connectivity index (χ1n) is 7.41. The number of nitrogens with one attached hydrogen (secondary N) is 1. The minimum Gasteiger partial charge on any atom is -0.495 e. The fraction of sp³-hybridized carbons (Fsp3) is 0.400. The first-order chi connectivity index (χ1) is 11.1. The number of thioether (sulfide) groups is 1. The van der Waals surface area contributed by atoms with Gasteiger partial charge in [-0.3, -0.25) is 4.79 Å². The molecule has 1 fully saturated rings. The zero-order valence-corrected chi connectivity index (χ0v) is 13.8. The summed E-state index contributed by atoms with van der Waals surface area (Å²) in [5.74, 6) is 7.70. The van der Waals surface area contributed by atoms with Crippen molar-refractivity contribution in [3.8, 4) is 5.75 Å². The van der Waals surface area contributed by atoms with Crippen molar-refractivity contribution in [3.05, 3.63) is 30.1 Å². The molecule has 1 aliphatic carbocycles. The summed E-state index contributed by atoms with van der Waals surface area (Å²) in [6.45, 7) is 1.81. The van der Waals surface area contributed by atoms with E-state index in [9.17, 15) is 4.79 Å². The van der Waals surface area contributed by atoms with Crippen LogP contribution in [0.5, 0.6) is 5.75 Å². The van der Waals surface area contributed by atoms with Crippen LogP contribution >= 0.6 is 11.8 Å². The normalized spacial score (nSPS) is 15.2. The minimum atomic E-state index is -0.363. The van der Waals surface area contributed by atoms with Crippen LogP contribution in [0.1, 0.15) is 31.5 Å². The fourth-order valence-electron chi connectivity index (χ4n) is 2.18. The Balaban J connectivity index is 1.65. The highest BCUT2D eigenvalue weighted by Crippen LogP contribution is 2.39. The van der Waals surface area contributed by atoms with Gasteiger partial charge in [0, 0.05) is 5.92 Å². The molecular formula is C15H19N5O2S. The average Bonchev–Trinajstić information content (AvgIpc) is 3.33. The van der Waals surface area contributed by atoms with Crippen molar-refractivity contribution < 1.29 is 9.53 Å². The molecule has 0 spiro atoms. The zero-order valence-electron chi connectivity index (χ0n) is 13.0. The number of methoxy groups -OCH3 is 1. The van der Waals surface area contributed by atoms with Crippen molar-refractivity contribution in [1.29, 1.82) is 0 Å². The van der Waals surface area contributed by atoms with Crippen molar-refractivity contribution in [3.63, 3.8) is 0 Å². The molecule has 1 saturated carbocycles. The molecule has 1 aliphatic rings. The molecule has 122 valence electrons. The Labute approximate surface area is 138 Å². The summed E-state index contributed by atoms with van der Waals surface area (Å²) in [6.07, 6.45) is 2.20. The van der Waals surface area contributed by atoms with E-state index < -0.39 is 0 Å². The maximum Gasteiger partial charge on any atom is 0.237 e. The van der Waals surface area contributed by atoms with E-state index >= 15 is 0 Å². The van der Waals surface area contributed by atoms with Gasteiger partial charge in [0.25, 0.3) is 0 Å². The van der Waals surface area contributed by atoms with Crippen molar-refractivity contribution in [1.82, 2.24) is 14.9 Å². The number of carbonyl (C=O) groups excluding carboxylic acids is 1. The van der Waals surface area contributed by atoms with Crippen molar-refractivity contribution >= 4 is 23.4 Å². The molecule has 8 heteroatoms. The standard InChI is InChI=1S/C15H19N5O2S/c1-9(14(21)17-11-5-3-4-6-12(11)22-2)23-15-19-18-13(20(15)16)10-7-8-10/h3-6,9-10H,7-8,16H2,1-2H3,(H,17,21)/t9-/m0/s1. The van der Waals surface area contributed by atoms with E-state index in [0.717, 1.165) is 18.7 Å². The Kier molecular flexibility index (Phi) is 4.42. The highest BCUT2D eigenvalue weighted by Gasteiger charge is 2.30. The molecule has 1 amide bonds. The van der Waals surface area contributed by atoms with Crippen molar-refractivity contribution in [2.45, 2.75) is 36.1 Å². The second-order valence-electron chi connectivity index (χ2n) is 5.43. The second kappa shape index (κ2) is 6.49. The number of ether oxygens (including phenoxy) is 1. The number of carbonyl (C=O) groups is 1. The summed E-state index contributed by atoms with van der Waals surface area (Å²) in [4.78, 5) is 12.4. The fourth-order valence-corrected chi connectivity index (χ4v) is 2.96. The molecule has 0 saturated heterocycles. The van der Waals surface area contributed by atoms with Crippen LogP contribution in [0, 0.1) is 0 Å². The van der Waals surface area contributed by atoms with Crippen LogP contribution in [0.3, 0.4) is 0 Å². The van der Waals surface area contributed by atoms with E-state index in [1.54, 1.807) is 26.2 Å². The molecule has 0 radical (unpaired) electrons.